The smallest absolute Gasteiger partial charge is 0.313 e. The molecule has 0 fully saturated rings. The fourth-order valence-corrected chi connectivity index (χ4v) is 1.86. The van der Waals surface area contributed by atoms with Crippen LogP contribution in [0.3, 0.4) is 0 Å². The number of anilines is 1. The van der Waals surface area contributed by atoms with Crippen molar-refractivity contribution in [3.8, 4) is 5.75 Å². The summed E-state index contributed by atoms with van der Waals surface area (Å²) >= 11 is 0. The number of aromatic hydroxyl groups is 1. The Hall–Kier alpha value is -2.08. The third-order valence-corrected chi connectivity index (χ3v) is 3.16. The van der Waals surface area contributed by atoms with Crippen LogP contribution in [0.15, 0.2) is 24.3 Å². The first-order chi connectivity index (χ1) is 10.1. The Morgan fingerprint density at radius 1 is 1.10 bits per heavy atom. The number of hydrogen-bond acceptors (Lipinski definition) is 4. The fraction of sp³-hybridized carbons (Fsp3) is 0.467. The van der Waals surface area contributed by atoms with E-state index in [1.807, 2.05) is 0 Å². The monoisotopic (exact) mass is 293 g/mol. The van der Waals surface area contributed by atoms with Gasteiger partial charge >= 0.3 is 11.8 Å². The molecule has 21 heavy (non-hydrogen) atoms. The Labute approximate surface area is 125 Å². The second-order valence-corrected chi connectivity index (χ2v) is 4.64. The molecular weight excluding hydrogens is 270 g/mol. The number of carbonyl (C=O) groups is 2. The van der Waals surface area contributed by atoms with E-state index < -0.39 is 11.8 Å². The van der Waals surface area contributed by atoms with Crippen molar-refractivity contribution in [2.75, 3.05) is 31.5 Å². The average Bonchev–Trinajstić information content (AvgIpc) is 2.49. The number of carbonyl (C=O) groups excluding carboxylic acids is 2. The van der Waals surface area contributed by atoms with Gasteiger partial charge in [-0.15, -0.1) is 0 Å². The topological polar surface area (TPSA) is 81.7 Å². The van der Waals surface area contributed by atoms with Gasteiger partial charge in [0.25, 0.3) is 0 Å². The quantitative estimate of drug-likeness (QED) is 0.400. The molecular formula is C15H23N3O3. The molecule has 0 atom stereocenters. The molecule has 0 heterocycles. The van der Waals surface area contributed by atoms with Crippen molar-refractivity contribution in [3.63, 3.8) is 0 Å². The van der Waals surface area contributed by atoms with Crippen LogP contribution < -0.4 is 10.6 Å². The molecule has 2 amide bonds. The largest absolute Gasteiger partial charge is 0.508 e. The van der Waals surface area contributed by atoms with Crippen molar-refractivity contribution < 1.29 is 14.7 Å². The van der Waals surface area contributed by atoms with Crippen LogP contribution in [0, 0.1) is 0 Å². The van der Waals surface area contributed by atoms with Gasteiger partial charge in [-0.2, -0.15) is 0 Å². The highest BCUT2D eigenvalue weighted by atomic mass is 16.3. The molecule has 0 aliphatic rings. The van der Waals surface area contributed by atoms with Crippen molar-refractivity contribution in [2.45, 2.75) is 20.3 Å². The second kappa shape index (κ2) is 8.97. The lowest BCUT2D eigenvalue weighted by Gasteiger charge is -2.17. The van der Waals surface area contributed by atoms with Crippen LogP contribution in [0.25, 0.3) is 0 Å². The molecule has 6 heteroatoms. The normalized spacial score (nSPS) is 10.4. The Kier molecular flexibility index (Phi) is 7.25. The standard InChI is InChI=1S/C15H23N3O3/c1-3-18(4-2)11-5-10-16-14(20)15(21)17-12-6-8-13(19)9-7-12/h6-9,19H,3-5,10-11H2,1-2H3,(H,16,20)(H,17,21). The maximum atomic E-state index is 11.6. The van der Waals surface area contributed by atoms with Crippen LogP contribution in [-0.2, 0) is 9.59 Å². The van der Waals surface area contributed by atoms with Crippen LogP contribution in [-0.4, -0.2) is 48.0 Å². The third kappa shape index (κ3) is 6.27. The van der Waals surface area contributed by atoms with Gasteiger partial charge in [-0.1, -0.05) is 13.8 Å². The van der Waals surface area contributed by atoms with Crippen molar-refractivity contribution in [3.05, 3.63) is 24.3 Å². The molecule has 6 nitrogen and oxygen atoms in total. The zero-order valence-corrected chi connectivity index (χ0v) is 12.6. The average molecular weight is 293 g/mol. The summed E-state index contributed by atoms with van der Waals surface area (Å²) in [6.07, 6.45) is 0.805. The minimum Gasteiger partial charge on any atom is -0.508 e. The van der Waals surface area contributed by atoms with Gasteiger partial charge in [0.15, 0.2) is 0 Å². The van der Waals surface area contributed by atoms with E-state index >= 15 is 0 Å². The van der Waals surface area contributed by atoms with E-state index in [0.29, 0.717) is 12.2 Å². The molecule has 1 aromatic rings. The summed E-state index contributed by atoms with van der Waals surface area (Å²) in [7, 11) is 0. The SMILES string of the molecule is CCN(CC)CCCNC(=O)C(=O)Nc1ccc(O)cc1. The molecule has 0 unspecified atom stereocenters. The van der Waals surface area contributed by atoms with Crippen molar-refractivity contribution in [1.82, 2.24) is 10.2 Å². The summed E-state index contributed by atoms with van der Waals surface area (Å²) in [5.41, 5.74) is 0.469. The lowest BCUT2D eigenvalue weighted by molar-refractivity contribution is -0.136. The van der Waals surface area contributed by atoms with E-state index in [1.54, 1.807) is 0 Å². The zero-order valence-electron chi connectivity index (χ0n) is 12.6. The molecule has 0 saturated heterocycles. The highest BCUT2D eigenvalue weighted by molar-refractivity contribution is 6.39. The van der Waals surface area contributed by atoms with E-state index in [2.05, 4.69) is 29.4 Å². The first kappa shape index (κ1) is 17.0. The van der Waals surface area contributed by atoms with Crippen LogP contribution in [0.1, 0.15) is 20.3 Å². The molecule has 0 spiro atoms. The summed E-state index contributed by atoms with van der Waals surface area (Å²) < 4.78 is 0. The van der Waals surface area contributed by atoms with Crippen molar-refractivity contribution in [1.29, 1.82) is 0 Å². The minimum atomic E-state index is -0.705. The van der Waals surface area contributed by atoms with Gasteiger partial charge in [0.2, 0.25) is 0 Å². The molecule has 116 valence electrons. The highest BCUT2D eigenvalue weighted by Gasteiger charge is 2.12. The Balaban J connectivity index is 2.28. The van der Waals surface area contributed by atoms with Crippen LogP contribution in [0.5, 0.6) is 5.75 Å². The number of nitrogens with one attached hydrogen (secondary N) is 2. The number of phenolic OH excluding ortho intramolecular Hbond substituents is 1. The number of rotatable bonds is 7. The molecule has 0 aromatic heterocycles. The van der Waals surface area contributed by atoms with Gasteiger partial charge in [0.05, 0.1) is 0 Å². The number of nitrogens with zero attached hydrogens (tertiary/aromatic N) is 1. The molecule has 0 bridgehead atoms. The molecule has 0 aliphatic carbocycles. The van der Waals surface area contributed by atoms with Gasteiger partial charge in [0, 0.05) is 12.2 Å². The maximum Gasteiger partial charge on any atom is 0.313 e. The Morgan fingerprint density at radius 2 is 1.71 bits per heavy atom. The number of amides is 2. The van der Waals surface area contributed by atoms with Crippen molar-refractivity contribution in [2.24, 2.45) is 0 Å². The summed E-state index contributed by atoms with van der Waals surface area (Å²) in [6.45, 7) is 7.50. The molecule has 3 N–H and O–H groups in total. The molecule has 0 radical (unpaired) electrons. The number of benzene rings is 1. The molecule has 0 saturated carbocycles. The molecule has 1 aromatic carbocycles. The first-order valence-corrected chi connectivity index (χ1v) is 7.17. The Bertz CT molecular complexity index is 456. The van der Waals surface area contributed by atoms with Gasteiger partial charge in [-0.25, -0.2) is 0 Å². The highest BCUT2D eigenvalue weighted by Crippen LogP contribution is 2.13. The number of phenols is 1. The molecule has 0 aliphatic heterocycles. The fourth-order valence-electron chi connectivity index (χ4n) is 1.86. The van der Waals surface area contributed by atoms with E-state index in [1.165, 1.54) is 24.3 Å². The predicted molar refractivity (Wildman–Crippen MR) is 82.2 cm³/mol. The summed E-state index contributed by atoms with van der Waals surface area (Å²) in [5.74, 6) is -1.25. The number of hydrogen-bond donors (Lipinski definition) is 3. The van der Waals surface area contributed by atoms with Gasteiger partial charge in [-0.3, -0.25) is 9.59 Å². The maximum absolute atomic E-state index is 11.6. The summed E-state index contributed by atoms with van der Waals surface area (Å²) in [4.78, 5) is 25.5. The van der Waals surface area contributed by atoms with E-state index in [0.717, 1.165) is 26.1 Å². The summed E-state index contributed by atoms with van der Waals surface area (Å²) in [5, 5.41) is 14.2. The van der Waals surface area contributed by atoms with Gasteiger partial charge < -0.3 is 20.6 Å². The van der Waals surface area contributed by atoms with Crippen LogP contribution >= 0.6 is 0 Å². The third-order valence-electron chi connectivity index (χ3n) is 3.16. The van der Waals surface area contributed by atoms with Gasteiger partial charge in [-0.05, 0) is 50.3 Å². The minimum absolute atomic E-state index is 0.105. The predicted octanol–water partition coefficient (Wildman–Crippen LogP) is 1.18. The lowest BCUT2D eigenvalue weighted by atomic mass is 10.3. The van der Waals surface area contributed by atoms with Gasteiger partial charge in [0.1, 0.15) is 5.75 Å². The van der Waals surface area contributed by atoms with Crippen molar-refractivity contribution >= 4 is 17.5 Å². The van der Waals surface area contributed by atoms with E-state index in [-0.39, 0.29) is 5.75 Å². The first-order valence-electron chi connectivity index (χ1n) is 7.17. The molecule has 1 rings (SSSR count). The van der Waals surface area contributed by atoms with E-state index in [9.17, 15) is 9.59 Å². The zero-order chi connectivity index (χ0) is 15.7. The second-order valence-electron chi connectivity index (χ2n) is 4.64. The Morgan fingerprint density at radius 3 is 2.29 bits per heavy atom. The summed E-state index contributed by atoms with van der Waals surface area (Å²) in [6, 6.07) is 5.94. The lowest BCUT2D eigenvalue weighted by Crippen LogP contribution is -2.37. The van der Waals surface area contributed by atoms with E-state index in [4.69, 9.17) is 5.11 Å². The van der Waals surface area contributed by atoms with Crippen LogP contribution in [0.4, 0.5) is 5.69 Å². The van der Waals surface area contributed by atoms with Crippen LogP contribution in [0.2, 0.25) is 0 Å².